The minimum Gasteiger partial charge on any atom is -0.458 e. The zero-order valence-corrected chi connectivity index (χ0v) is 62.3. The highest BCUT2D eigenvalue weighted by molar-refractivity contribution is 5.83. The smallest absolute Gasteiger partial charge is 0.331 e. The minimum atomic E-state index is -1.16. The van der Waals surface area contributed by atoms with Crippen LogP contribution in [0.25, 0.3) is 0 Å². The molecular formula is C78H132O20. The molecule has 0 amide bonds. The number of carbonyl (C=O) groups is 2. The highest BCUT2D eigenvalue weighted by Gasteiger charge is 2.42. The van der Waals surface area contributed by atoms with E-state index in [2.05, 4.69) is 0 Å². The number of hydrogen-bond donors (Lipinski definition) is 8. The van der Waals surface area contributed by atoms with Gasteiger partial charge in [0, 0.05) is 102 Å². The molecule has 2 saturated heterocycles. The van der Waals surface area contributed by atoms with Gasteiger partial charge in [0.1, 0.15) is 12.2 Å². The van der Waals surface area contributed by atoms with Crippen LogP contribution in [0.3, 0.4) is 0 Å². The maximum Gasteiger partial charge on any atom is 0.331 e. The van der Waals surface area contributed by atoms with Crippen LogP contribution < -0.4 is 0 Å². The Kier molecular flexibility index (Phi) is 37.6. The number of fused-ring (bicyclic) bond motifs is 4. The van der Waals surface area contributed by atoms with Crippen LogP contribution in [0.5, 0.6) is 0 Å². The van der Waals surface area contributed by atoms with Crippen LogP contribution in [-0.4, -0.2) is 216 Å². The molecule has 0 unspecified atom stereocenters. The average molecular weight is 1390 g/mol. The van der Waals surface area contributed by atoms with Crippen molar-refractivity contribution in [2.45, 2.75) is 333 Å². The number of hydrogen-bond acceptors (Lipinski definition) is 20. The zero-order chi connectivity index (χ0) is 72.5. The molecule has 98 heavy (non-hydrogen) atoms. The summed E-state index contributed by atoms with van der Waals surface area (Å²) in [5, 5.41) is 94.4. The molecule has 0 spiro atoms. The fourth-order valence-electron chi connectivity index (χ4n) is 15.3. The van der Waals surface area contributed by atoms with Gasteiger partial charge in [0.25, 0.3) is 0 Å². The summed E-state index contributed by atoms with van der Waals surface area (Å²) in [5.74, 6) is -5.50. The van der Waals surface area contributed by atoms with E-state index in [-0.39, 0.29) is 99.2 Å². The Hall–Kier alpha value is -3.26. The van der Waals surface area contributed by atoms with Gasteiger partial charge in [-0.2, -0.15) is 0 Å². The lowest BCUT2D eigenvalue weighted by Crippen LogP contribution is -2.45. The third kappa shape index (κ3) is 28.1. The largest absolute Gasteiger partial charge is 0.458 e. The first-order valence-corrected chi connectivity index (χ1v) is 37.1. The van der Waals surface area contributed by atoms with Crippen LogP contribution in [0.1, 0.15) is 199 Å². The maximum atomic E-state index is 13.9. The molecule has 8 N–H and O–H groups in total. The van der Waals surface area contributed by atoms with Crippen LogP contribution in [0.2, 0.25) is 0 Å². The van der Waals surface area contributed by atoms with Crippen molar-refractivity contribution in [3.05, 3.63) is 71.9 Å². The van der Waals surface area contributed by atoms with Crippen LogP contribution >= 0.6 is 0 Å². The van der Waals surface area contributed by atoms with Crippen molar-refractivity contribution in [2.24, 2.45) is 47.3 Å². The summed E-state index contributed by atoms with van der Waals surface area (Å²) < 4.78 is 61.3. The van der Waals surface area contributed by atoms with E-state index >= 15 is 0 Å². The molecule has 0 aliphatic carbocycles. The first-order valence-electron chi connectivity index (χ1n) is 37.1. The lowest BCUT2D eigenvalue weighted by atomic mass is 9.78. The first kappa shape index (κ1) is 85.4. The number of aliphatic hydroxyl groups is 8. The predicted molar refractivity (Wildman–Crippen MR) is 377 cm³/mol. The summed E-state index contributed by atoms with van der Waals surface area (Å²) in [6.07, 6.45) is 14.1. The van der Waals surface area contributed by atoms with Crippen molar-refractivity contribution in [3.8, 4) is 0 Å². The molecule has 20 heteroatoms. The Labute approximate surface area is 587 Å². The second-order valence-electron chi connectivity index (χ2n) is 30.3. The van der Waals surface area contributed by atoms with E-state index in [4.69, 9.17) is 47.4 Å². The Morgan fingerprint density at radius 2 is 0.806 bits per heavy atom. The Morgan fingerprint density at radius 1 is 0.449 bits per heavy atom. The summed E-state index contributed by atoms with van der Waals surface area (Å²) >= 11 is 0. The molecule has 2 fully saturated rings. The fraction of sp³-hybridized carbons (Fsp3) is 0.821. The number of allylic oxidation sites excluding steroid dienone is 4. The Morgan fingerprint density at radius 3 is 1.15 bits per heavy atom. The molecule has 4 bridgehead atoms. The van der Waals surface area contributed by atoms with Crippen molar-refractivity contribution in [1.82, 2.24) is 0 Å². The standard InChI is InChI=1S/C78H132O20/c1-45-23-29-57(79)37-59-19-17-21-61(95-59)41-71(91-15)52(8)68(82)44-70(84)54(10)78(56(12)76(88)48(4)28-32-64-40-66(90-14)36-50(6)94-64)98-74(86)34-26-46(2)24-30-58(80)38-60-20-18-22-62(96-60)42-72(92-16)51(7)67(81)43-69(83)53(9)77(97-73(85)33-25-45)55(11)75(87)47(3)27-31-63-39-65(89-13)35-49(5)93-63/h17-20,23-26,33-34,47-72,75-84,87-88H,21-22,27-32,35-44H2,1-16H3/t47-,48-,49-,50-,51+,52+,53-,54-,55-,56-,57-,58-,59-,60-,61-,62-,63-,64-,65+,66+,67+,68+,69-,70-,71-,72-,75+,76+,77-,78-/m0/s1. The van der Waals surface area contributed by atoms with E-state index in [0.717, 1.165) is 25.7 Å². The second-order valence-corrected chi connectivity index (χ2v) is 30.3. The number of esters is 2. The Bertz CT molecular complexity index is 2320. The third-order valence-electron chi connectivity index (χ3n) is 22.3. The highest BCUT2D eigenvalue weighted by Crippen LogP contribution is 2.37. The lowest BCUT2D eigenvalue weighted by molar-refractivity contribution is -0.158. The molecule has 5 rings (SSSR count). The third-order valence-corrected chi connectivity index (χ3v) is 22.3. The predicted octanol–water partition coefficient (Wildman–Crippen LogP) is 10.1. The van der Waals surface area contributed by atoms with Gasteiger partial charge in [-0.25, -0.2) is 9.59 Å². The van der Waals surface area contributed by atoms with Crippen molar-refractivity contribution in [2.75, 3.05) is 28.4 Å². The quantitative estimate of drug-likeness (QED) is 0.0527. The van der Waals surface area contributed by atoms with Crippen LogP contribution in [-0.2, 0) is 57.0 Å². The van der Waals surface area contributed by atoms with Crippen molar-refractivity contribution < 1.29 is 97.8 Å². The number of rotatable bonds is 16. The summed E-state index contributed by atoms with van der Waals surface area (Å²) in [4.78, 5) is 27.8. The van der Waals surface area contributed by atoms with E-state index in [9.17, 15) is 50.4 Å². The topological polar surface area (TPSA) is 288 Å². The molecule has 0 radical (unpaired) electrons. The molecule has 5 aliphatic rings. The van der Waals surface area contributed by atoms with E-state index < -0.39 is 133 Å². The van der Waals surface area contributed by atoms with Gasteiger partial charge in [-0.05, 0) is 129 Å². The number of ether oxygens (including phenoxy) is 10. The summed E-state index contributed by atoms with van der Waals surface area (Å²) in [7, 11) is 6.58. The van der Waals surface area contributed by atoms with Crippen molar-refractivity contribution in [3.63, 3.8) is 0 Å². The average Bonchev–Trinajstić information content (AvgIpc) is 0.853. The number of methoxy groups -OCH3 is 4. The minimum absolute atomic E-state index is 0.0293. The fourth-order valence-corrected chi connectivity index (χ4v) is 15.3. The van der Waals surface area contributed by atoms with Crippen LogP contribution in [0, 0.1) is 47.3 Å². The van der Waals surface area contributed by atoms with E-state index in [1.54, 1.807) is 54.4 Å². The molecule has 20 nitrogen and oxygen atoms in total. The maximum absolute atomic E-state index is 13.9. The molecule has 5 heterocycles. The summed E-state index contributed by atoms with van der Waals surface area (Å²) in [6.45, 7) is 22.5. The molecule has 564 valence electrons. The van der Waals surface area contributed by atoms with Gasteiger partial charge in [0.2, 0.25) is 0 Å². The van der Waals surface area contributed by atoms with Gasteiger partial charge in [0.05, 0.1) is 122 Å². The zero-order valence-electron chi connectivity index (χ0n) is 62.3. The SMILES string of the molecule is CO[C@H]1C[C@H](CC[C@H](C)[C@@H](O)[C@H](C)[C@H]2OC(=O)C=CC(C)=CC[C@H](O)C[C@@H]3C=CC[C@@H](C[C@H](OC)[C@H](C)[C@H](O)C[C@H](O)[C@H](C)[C@@H]([C@@H](C)[C@H](O)[C@@H](C)CC[C@H]4C[C@H](OC)C[C@H](C)O4)OC(=O)C=CC(C)=CC[C@H](O)C[C@@H]4C=CC[C@@H](C[C@H](OC)[C@H](C)[C@H](O)C[C@H](O)[C@@H]2C)O4)O3)O[C@@H](C)C1. The van der Waals surface area contributed by atoms with Crippen molar-refractivity contribution >= 4 is 11.9 Å². The molecule has 5 aliphatic heterocycles. The first-order chi connectivity index (χ1) is 46.4. The molecule has 0 aromatic carbocycles. The number of cyclic esters (lactones) is 2. The van der Waals surface area contributed by atoms with E-state index in [0.29, 0.717) is 62.5 Å². The van der Waals surface area contributed by atoms with Crippen LogP contribution in [0.15, 0.2) is 71.9 Å². The summed E-state index contributed by atoms with van der Waals surface area (Å²) in [6, 6.07) is 0. The van der Waals surface area contributed by atoms with Gasteiger partial charge < -0.3 is 88.2 Å². The summed E-state index contributed by atoms with van der Waals surface area (Å²) in [5.41, 5.74) is 1.39. The number of carbonyl (C=O) groups excluding carboxylic acids is 2. The molecule has 0 saturated carbocycles. The normalized spacial score (nSPS) is 39.3. The molecule has 0 aromatic heterocycles. The monoisotopic (exact) mass is 1390 g/mol. The van der Waals surface area contributed by atoms with Gasteiger partial charge in [-0.3, -0.25) is 0 Å². The molecule has 30 atom stereocenters. The van der Waals surface area contributed by atoms with Gasteiger partial charge >= 0.3 is 11.9 Å². The van der Waals surface area contributed by atoms with Crippen molar-refractivity contribution in [1.29, 1.82) is 0 Å². The van der Waals surface area contributed by atoms with E-state index in [1.165, 1.54) is 12.2 Å². The number of aliphatic hydroxyl groups excluding tert-OH is 8. The Balaban J connectivity index is 1.36. The molecular weight excluding hydrogens is 1260 g/mol. The highest BCUT2D eigenvalue weighted by atomic mass is 16.6. The molecule has 0 aromatic rings. The lowest BCUT2D eigenvalue weighted by Gasteiger charge is -2.38. The van der Waals surface area contributed by atoms with Crippen LogP contribution in [0.4, 0.5) is 0 Å². The van der Waals surface area contributed by atoms with E-state index in [1.807, 2.05) is 106 Å². The van der Waals surface area contributed by atoms with Gasteiger partial charge in [-0.1, -0.05) is 115 Å². The second kappa shape index (κ2) is 43.1. The van der Waals surface area contributed by atoms with Gasteiger partial charge in [0.15, 0.2) is 0 Å². The van der Waals surface area contributed by atoms with Gasteiger partial charge in [-0.15, -0.1) is 0 Å².